The van der Waals surface area contributed by atoms with Gasteiger partial charge < -0.3 is 74.7 Å². The molecule has 3 aliphatic rings. The maximum Gasteiger partial charge on any atom is 0.235 e. The van der Waals surface area contributed by atoms with Crippen LogP contribution in [0.2, 0.25) is 0 Å². The Kier molecular flexibility index (Phi) is 8.77. The van der Waals surface area contributed by atoms with E-state index in [9.17, 15) is 55.9 Å². The van der Waals surface area contributed by atoms with Crippen molar-refractivity contribution in [3.63, 3.8) is 0 Å². The Morgan fingerprint density at radius 2 is 1.30 bits per heavy atom. The van der Waals surface area contributed by atoms with Gasteiger partial charge >= 0.3 is 0 Å². The second kappa shape index (κ2) is 12.2. The van der Waals surface area contributed by atoms with E-state index in [1.54, 1.807) is 0 Å². The normalized spacial score (nSPS) is 35.0. The quantitative estimate of drug-likeness (QED) is 0.111. The van der Waals surface area contributed by atoms with Crippen molar-refractivity contribution in [2.24, 2.45) is 0 Å². The van der Waals surface area contributed by atoms with Crippen molar-refractivity contribution in [3.8, 4) is 28.7 Å². The molecule has 0 spiro atoms. The van der Waals surface area contributed by atoms with E-state index in [0.717, 1.165) is 6.07 Å². The first-order chi connectivity index (χ1) is 20.4. The number of carbonyl (C=O) groups excluding carboxylic acids is 1. The van der Waals surface area contributed by atoms with Gasteiger partial charge in [-0.2, -0.15) is 0 Å². The standard InChI is InChI=1S/C27H30O16/c28-7-16-20(33)22(35)24(37)26(42-16)39-10-5-13-18(19(32)15(40-13)4-9-1-2-11(30)12(31)3-9)14(6-10)41-27-25(38)23(36)21(34)17(8-29)43-27/h1-6,16-17,20-31,33-38H,7-8H2/b15-4-/t16-,17-,20-,21-,22+,23+,24-,25-,26-,27-/m1/s1. The van der Waals surface area contributed by atoms with Crippen LogP contribution in [-0.4, -0.2) is 131 Å². The van der Waals surface area contributed by atoms with Crippen molar-refractivity contribution in [1.29, 1.82) is 0 Å². The molecule has 43 heavy (non-hydrogen) atoms. The zero-order valence-corrected chi connectivity index (χ0v) is 22.1. The largest absolute Gasteiger partial charge is 0.504 e. The number of phenols is 2. The molecule has 16 nitrogen and oxygen atoms in total. The molecule has 3 heterocycles. The summed E-state index contributed by atoms with van der Waals surface area (Å²) in [6.07, 6.45) is -15.3. The van der Waals surface area contributed by atoms with Crippen LogP contribution in [0.5, 0.6) is 28.7 Å². The van der Waals surface area contributed by atoms with E-state index in [1.165, 1.54) is 30.3 Å². The highest BCUT2D eigenvalue weighted by Gasteiger charge is 2.47. The number of allylic oxidation sites excluding steroid dienone is 1. The molecule has 2 saturated heterocycles. The van der Waals surface area contributed by atoms with E-state index in [2.05, 4.69) is 0 Å². The molecule has 0 radical (unpaired) electrons. The number of aliphatic hydroxyl groups is 8. The van der Waals surface area contributed by atoms with Crippen molar-refractivity contribution in [2.45, 2.75) is 61.4 Å². The van der Waals surface area contributed by atoms with Crippen molar-refractivity contribution >= 4 is 11.9 Å². The summed E-state index contributed by atoms with van der Waals surface area (Å²) in [5, 5.41) is 99.8. The van der Waals surface area contributed by atoms with Gasteiger partial charge in [0.25, 0.3) is 0 Å². The fraction of sp³-hybridized carbons (Fsp3) is 0.444. The molecule has 0 unspecified atom stereocenters. The van der Waals surface area contributed by atoms with Crippen LogP contribution in [-0.2, 0) is 9.47 Å². The van der Waals surface area contributed by atoms with Gasteiger partial charge in [-0.25, -0.2) is 0 Å². The highest BCUT2D eigenvalue weighted by atomic mass is 16.7. The average Bonchev–Trinajstić information content (AvgIpc) is 3.29. The lowest BCUT2D eigenvalue weighted by Crippen LogP contribution is -2.60. The predicted molar refractivity (Wildman–Crippen MR) is 138 cm³/mol. The van der Waals surface area contributed by atoms with Crippen molar-refractivity contribution in [2.75, 3.05) is 13.2 Å². The van der Waals surface area contributed by atoms with Crippen LogP contribution < -0.4 is 14.2 Å². The minimum atomic E-state index is -1.85. The molecule has 3 aliphatic heterocycles. The summed E-state index contributed by atoms with van der Waals surface area (Å²) >= 11 is 0. The van der Waals surface area contributed by atoms with Gasteiger partial charge in [-0.15, -0.1) is 0 Å². The van der Waals surface area contributed by atoms with E-state index in [1.807, 2.05) is 0 Å². The molecular formula is C27H30O16. The third-order valence-corrected chi connectivity index (χ3v) is 7.20. The lowest BCUT2D eigenvalue weighted by atomic mass is 9.99. The van der Waals surface area contributed by atoms with Crippen molar-refractivity contribution in [3.05, 3.63) is 47.2 Å². The highest BCUT2D eigenvalue weighted by Crippen LogP contribution is 2.43. The number of ether oxygens (including phenoxy) is 5. The van der Waals surface area contributed by atoms with Crippen molar-refractivity contribution in [1.82, 2.24) is 0 Å². The second-order valence-electron chi connectivity index (χ2n) is 10.1. The first-order valence-electron chi connectivity index (χ1n) is 13.0. The van der Waals surface area contributed by atoms with Gasteiger partial charge in [0.2, 0.25) is 18.4 Å². The maximum absolute atomic E-state index is 13.4. The number of ketones is 1. The molecule has 2 aromatic carbocycles. The molecule has 2 aromatic rings. The first kappa shape index (κ1) is 30.9. The minimum Gasteiger partial charge on any atom is -0.504 e. The first-order valence-corrected chi connectivity index (χ1v) is 13.0. The molecule has 0 bridgehead atoms. The zero-order valence-electron chi connectivity index (χ0n) is 22.1. The van der Waals surface area contributed by atoms with Gasteiger partial charge in [0.15, 0.2) is 17.3 Å². The van der Waals surface area contributed by atoms with Gasteiger partial charge in [-0.1, -0.05) is 6.07 Å². The summed E-state index contributed by atoms with van der Waals surface area (Å²) in [5.74, 6) is -2.58. The van der Waals surface area contributed by atoms with Gasteiger partial charge in [0.05, 0.1) is 13.2 Å². The lowest BCUT2D eigenvalue weighted by molar-refractivity contribution is -0.278. The van der Waals surface area contributed by atoms with Crippen LogP contribution in [0, 0.1) is 0 Å². The molecule has 234 valence electrons. The number of Topliss-reactive ketones (excluding diaryl/α,β-unsaturated/α-hetero) is 1. The number of benzene rings is 2. The Labute approximate surface area is 242 Å². The number of hydrogen-bond donors (Lipinski definition) is 10. The molecular weight excluding hydrogens is 580 g/mol. The molecule has 5 rings (SSSR count). The number of carbonyl (C=O) groups is 1. The monoisotopic (exact) mass is 610 g/mol. The second-order valence-corrected chi connectivity index (χ2v) is 10.1. The van der Waals surface area contributed by atoms with E-state index in [-0.39, 0.29) is 34.1 Å². The van der Waals surface area contributed by atoms with Crippen LogP contribution in [0.3, 0.4) is 0 Å². The highest BCUT2D eigenvalue weighted by molar-refractivity contribution is 6.16. The molecule has 16 heteroatoms. The summed E-state index contributed by atoms with van der Waals surface area (Å²) in [6.45, 7) is -1.48. The topological polar surface area (TPSA) is 266 Å². The van der Waals surface area contributed by atoms with Gasteiger partial charge in [0.1, 0.15) is 71.6 Å². The lowest BCUT2D eigenvalue weighted by Gasteiger charge is -2.40. The van der Waals surface area contributed by atoms with E-state index in [0.29, 0.717) is 0 Å². The third-order valence-electron chi connectivity index (χ3n) is 7.20. The molecule has 2 fully saturated rings. The predicted octanol–water partition coefficient (Wildman–Crippen LogP) is -2.93. The molecule has 10 atom stereocenters. The van der Waals surface area contributed by atoms with Crippen LogP contribution in [0.4, 0.5) is 0 Å². The van der Waals surface area contributed by atoms with Crippen LogP contribution in [0.25, 0.3) is 6.08 Å². The van der Waals surface area contributed by atoms with Crippen LogP contribution >= 0.6 is 0 Å². The zero-order chi connectivity index (χ0) is 31.2. The number of aliphatic hydroxyl groups excluding tert-OH is 8. The van der Waals surface area contributed by atoms with Crippen LogP contribution in [0.15, 0.2) is 36.1 Å². The number of phenolic OH excluding ortho intramolecular Hbond substituents is 2. The average molecular weight is 611 g/mol. The smallest absolute Gasteiger partial charge is 0.235 e. The summed E-state index contributed by atoms with van der Waals surface area (Å²) in [5.41, 5.74) is 0.0491. The van der Waals surface area contributed by atoms with Crippen LogP contribution in [0.1, 0.15) is 15.9 Å². The molecule has 0 aliphatic carbocycles. The Hall–Kier alpha value is -3.55. The summed E-state index contributed by atoms with van der Waals surface area (Å²) in [7, 11) is 0. The minimum absolute atomic E-state index is 0.166. The van der Waals surface area contributed by atoms with E-state index < -0.39 is 91.9 Å². The van der Waals surface area contributed by atoms with E-state index in [4.69, 9.17) is 23.7 Å². The SMILES string of the molecule is O=C1/C(=C/c2ccc(O)c(O)c2)Oc2cc(O[C@@H]3O[C@H](CO)[C@@H](O)[C@H](O)[C@H]3O)cc(O[C@@H]3O[C@H](CO)[C@@H](O)[C@H](O)[C@H]3O)c21. The number of hydrogen-bond acceptors (Lipinski definition) is 16. The van der Waals surface area contributed by atoms with Crippen molar-refractivity contribution < 1.29 is 79.5 Å². The van der Waals surface area contributed by atoms with Gasteiger partial charge in [0, 0.05) is 12.1 Å². The Morgan fingerprint density at radius 3 is 1.86 bits per heavy atom. The molecule has 0 aromatic heterocycles. The Morgan fingerprint density at radius 1 is 0.721 bits per heavy atom. The summed E-state index contributed by atoms with van der Waals surface area (Å²) < 4.78 is 27.9. The van der Waals surface area contributed by atoms with E-state index >= 15 is 0 Å². The Bertz CT molecular complexity index is 1370. The number of rotatable bonds is 7. The molecule has 10 N–H and O–H groups in total. The number of fused-ring (bicyclic) bond motifs is 1. The summed E-state index contributed by atoms with van der Waals surface area (Å²) in [4.78, 5) is 13.4. The Balaban J connectivity index is 1.51. The van der Waals surface area contributed by atoms with Gasteiger partial charge in [-0.3, -0.25) is 4.79 Å². The molecule has 0 saturated carbocycles. The maximum atomic E-state index is 13.4. The fourth-order valence-corrected chi connectivity index (χ4v) is 4.78. The summed E-state index contributed by atoms with van der Waals surface area (Å²) in [6, 6.07) is 6.05. The third kappa shape index (κ3) is 5.85. The van der Waals surface area contributed by atoms with Gasteiger partial charge in [-0.05, 0) is 23.8 Å². The molecule has 0 amide bonds. The number of aromatic hydroxyl groups is 2. The fourth-order valence-electron chi connectivity index (χ4n) is 4.78.